The van der Waals surface area contributed by atoms with Crippen molar-refractivity contribution in [1.82, 2.24) is 5.32 Å². The summed E-state index contributed by atoms with van der Waals surface area (Å²) in [5.74, 6) is -0.668. The minimum atomic E-state index is -0.835. The van der Waals surface area contributed by atoms with Crippen LogP contribution in [0.15, 0.2) is 134 Å². The monoisotopic (exact) mass is 982 g/mol. The van der Waals surface area contributed by atoms with Crippen LogP contribution in [0, 0.1) is 0 Å². The molecule has 3 atom stereocenters. The summed E-state index contributed by atoms with van der Waals surface area (Å²) in [7, 11) is 0. The number of aliphatic hydroxyl groups excluding tert-OH is 2. The number of esters is 1. The molecule has 0 aliphatic heterocycles. The first-order valence-corrected chi connectivity index (χ1v) is 29.0. The molecule has 0 aromatic carbocycles. The van der Waals surface area contributed by atoms with Crippen molar-refractivity contribution in [2.45, 2.75) is 257 Å². The molecule has 71 heavy (non-hydrogen) atoms. The Hall–Kier alpha value is -4.00. The van der Waals surface area contributed by atoms with E-state index < -0.39 is 18.2 Å². The van der Waals surface area contributed by atoms with Crippen molar-refractivity contribution in [1.29, 1.82) is 0 Å². The first-order chi connectivity index (χ1) is 35.0. The van der Waals surface area contributed by atoms with E-state index in [2.05, 4.69) is 123 Å². The number of unbranched alkanes of at least 4 members (excludes halogenated alkanes) is 22. The van der Waals surface area contributed by atoms with Gasteiger partial charge in [-0.15, -0.1) is 0 Å². The Morgan fingerprint density at radius 2 is 0.859 bits per heavy atom. The molecule has 1 amide bonds. The first kappa shape index (κ1) is 67.0. The van der Waals surface area contributed by atoms with E-state index in [1.807, 2.05) is 30.4 Å². The molecule has 0 saturated heterocycles. The SMILES string of the molecule is CC/C=C\C/C=C\C/C=C\C/C=C\C/C=C\C/C=C\C(CC(=O)NC(CO)C(O)CCCCCCCCCCCCCCCCCCC)OC(=O)CCCCCCC/C=C/C=C/C=C/C=C/C=C/CCC. The van der Waals surface area contributed by atoms with Crippen molar-refractivity contribution in [2.24, 2.45) is 0 Å². The molecule has 6 nitrogen and oxygen atoms in total. The predicted molar refractivity (Wildman–Crippen MR) is 309 cm³/mol. The van der Waals surface area contributed by atoms with E-state index in [0.29, 0.717) is 19.3 Å². The second-order valence-electron chi connectivity index (χ2n) is 19.1. The van der Waals surface area contributed by atoms with Gasteiger partial charge in [-0.3, -0.25) is 9.59 Å². The molecule has 0 radical (unpaired) electrons. The van der Waals surface area contributed by atoms with Gasteiger partial charge in [0.05, 0.1) is 25.2 Å². The number of carbonyl (C=O) groups is 2. The lowest BCUT2D eigenvalue weighted by molar-refractivity contribution is -0.148. The molecule has 3 N–H and O–H groups in total. The Morgan fingerprint density at radius 3 is 1.32 bits per heavy atom. The highest BCUT2D eigenvalue weighted by Crippen LogP contribution is 2.16. The quantitative estimate of drug-likeness (QED) is 0.0244. The molecule has 402 valence electrons. The van der Waals surface area contributed by atoms with Crippen LogP contribution in [0.3, 0.4) is 0 Å². The first-order valence-electron chi connectivity index (χ1n) is 29.0. The van der Waals surface area contributed by atoms with Crippen LogP contribution in [0.2, 0.25) is 0 Å². The predicted octanol–water partition coefficient (Wildman–Crippen LogP) is 18.2. The van der Waals surface area contributed by atoms with E-state index in [1.54, 1.807) is 6.08 Å². The van der Waals surface area contributed by atoms with Gasteiger partial charge in [0, 0.05) is 6.42 Å². The molecule has 0 aromatic rings. The van der Waals surface area contributed by atoms with Crippen molar-refractivity contribution in [3.8, 4) is 0 Å². The van der Waals surface area contributed by atoms with Gasteiger partial charge in [-0.1, -0.05) is 283 Å². The minimum absolute atomic E-state index is 0.0665. The Labute approximate surface area is 437 Å². The minimum Gasteiger partial charge on any atom is -0.458 e. The van der Waals surface area contributed by atoms with Crippen molar-refractivity contribution < 1.29 is 24.5 Å². The number of hydrogen-bond donors (Lipinski definition) is 3. The standard InChI is InChI=1S/C65H107NO5/c1-4-7-10-13-16-19-22-25-28-31-34-37-40-43-46-49-52-55-58-65(70)71-61(56-53-50-47-44-41-38-35-32-29-26-23-20-17-14-11-8-5-2)59-64(69)66-62(60-67)63(68)57-54-51-48-45-42-39-36-33-30-27-24-21-18-15-12-9-6-3/h8,10-11,13,16-17,19-20,22,25-26,28-29,31,34-35,37-38,44,47,53,56,61-63,67-68H,4-7,9,12,14-15,18,21,23-24,27,30,32-33,36,39-43,45-46,48-52,54-55,57-60H2,1-3H3,(H,66,69)/b11-8-,13-10+,19-16+,20-17-,25-22+,29-26-,31-28+,37-34+,38-35-,47-44-,56-53-. The second kappa shape index (κ2) is 56.9. The number of nitrogens with one attached hydrogen (secondary N) is 1. The molecule has 0 heterocycles. The maximum atomic E-state index is 13.3. The van der Waals surface area contributed by atoms with Crippen LogP contribution < -0.4 is 5.32 Å². The summed E-state index contributed by atoms with van der Waals surface area (Å²) in [6.07, 6.45) is 81.1. The van der Waals surface area contributed by atoms with E-state index in [1.165, 1.54) is 96.3 Å². The Balaban J connectivity index is 4.79. The van der Waals surface area contributed by atoms with E-state index in [-0.39, 0.29) is 24.9 Å². The molecule has 0 fully saturated rings. The van der Waals surface area contributed by atoms with Crippen LogP contribution in [-0.2, 0) is 14.3 Å². The third kappa shape index (κ3) is 52.1. The molecule has 0 aliphatic rings. The fraction of sp³-hybridized carbons (Fsp3) is 0.631. The smallest absolute Gasteiger partial charge is 0.306 e. The topological polar surface area (TPSA) is 95.9 Å². The van der Waals surface area contributed by atoms with Crippen LogP contribution in [0.4, 0.5) is 0 Å². The highest BCUT2D eigenvalue weighted by molar-refractivity contribution is 5.78. The molecular formula is C65H107NO5. The lowest BCUT2D eigenvalue weighted by Crippen LogP contribution is -2.46. The fourth-order valence-corrected chi connectivity index (χ4v) is 7.99. The highest BCUT2D eigenvalue weighted by Gasteiger charge is 2.23. The number of hydrogen-bond acceptors (Lipinski definition) is 5. The van der Waals surface area contributed by atoms with Crippen molar-refractivity contribution in [2.75, 3.05) is 6.61 Å². The van der Waals surface area contributed by atoms with Gasteiger partial charge in [-0.05, 0) is 76.7 Å². The number of aliphatic hydroxyl groups is 2. The number of rotatable bonds is 50. The van der Waals surface area contributed by atoms with Crippen LogP contribution >= 0.6 is 0 Å². The van der Waals surface area contributed by atoms with E-state index in [4.69, 9.17) is 4.74 Å². The number of amides is 1. The van der Waals surface area contributed by atoms with Gasteiger partial charge in [0.25, 0.3) is 0 Å². The summed E-state index contributed by atoms with van der Waals surface area (Å²) in [5.41, 5.74) is 0. The molecule has 0 rings (SSSR count). The van der Waals surface area contributed by atoms with Crippen molar-refractivity contribution in [3.05, 3.63) is 134 Å². The van der Waals surface area contributed by atoms with Crippen LogP contribution in [0.1, 0.15) is 239 Å². The van der Waals surface area contributed by atoms with E-state index in [0.717, 1.165) is 96.3 Å². The van der Waals surface area contributed by atoms with Crippen LogP contribution in [-0.4, -0.2) is 46.9 Å². The number of allylic oxidation sites excluding steroid dienone is 21. The Morgan fingerprint density at radius 1 is 0.451 bits per heavy atom. The van der Waals surface area contributed by atoms with Gasteiger partial charge in [-0.2, -0.15) is 0 Å². The zero-order chi connectivity index (χ0) is 51.6. The zero-order valence-electron chi connectivity index (χ0n) is 45.8. The van der Waals surface area contributed by atoms with Crippen LogP contribution in [0.5, 0.6) is 0 Å². The Kier molecular flexibility index (Phi) is 53.7. The van der Waals surface area contributed by atoms with E-state index >= 15 is 0 Å². The van der Waals surface area contributed by atoms with Crippen LogP contribution in [0.25, 0.3) is 0 Å². The maximum Gasteiger partial charge on any atom is 0.306 e. The van der Waals surface area contributed by atoms with Gasteiger partial charge < -0.3 is 20.3 Å². The summed E-state index contributed by atoms with van der Waals surface area (Å²) in [4.78, 5) is 26.2. The third-order valence-electron chi connectivity index (χ3n) is 12.3. The van der Waals surface area contributed by atoms with E-state index in [9.17, 15) is 19.8 Å². The summed E-state index contributed by atoms with van der Waals surface area (Å²) in [5, 5.41) is 23.8. The number of ether oxygens (including phenoxy) is 1. The molecule has 3 unspecified atom stereocenters. The van der Waals surface area contributed by atoms with Crippen molar-refractivity contribution >= 4 is 11.9 Å². The molecule has 0 bridgehead atoms. The molecule has 0 spiro atoms. The van der Waals surface area contributed by atoms with Crippen molar-refractivity contribution in [3.63, 3.8) is 0 Å². The lowest BCUT2D eigenvalue weighted by Gasteiger charge is -2.23. The highest BCUT2D eigenvalue weighted by atomic mass is 16.5. The van der Waals surface area contributed by atoms with Gasteiger partial charge in [0.2, 0.25) is 5.91 Å². The molecule has 6 heteroatoms. The summed E-state index contributed by atoms with van der Waals surface area (Å²) in [6.45, 7) is 6.25. The molecule has 0 aromatic heterocycles. The summed E-state index contributed by atoms with van der Waals surface area (Å²) < 4.78 is 5.84. The largest absolute Gasteiger partial charge is 0.458 e. The van der Waals surface area contributed by atoms with Gasteiger partial charge in [0.15, 0.2) is 0 Å². The average Bonchev–Trinajstić information content (AvgIpc) is 3.36. The average molecular weight is 983 g/mol. The van der Waals surface area contributed by atoms with Gasteiger partial charge in [0.1, 0.15) is 6.10 Å². The summed E-state index contributed by atoms with van der Waals surface area (Å²) in [6, 6.07) is -0.760. The second-order valence-corrected chi connectivity index (χ2v) is 19.1. The summed E-state index contributed by atoms with van der Waals surface area (Å²) >= 11 is 0. The maximum absolute atomic E-state index is 13.3. The Bertz CT molecular complexity index is 1520. The fourth-order valence-electron chi connectivity index (χ4n) is 7.99. The third-order valence-corrected chi connectivity index (χ3v) is 12.3. The molecular weight excluding hydrogens is 875 g/mol. The molecule has 0 aliphatic carbocycles. The van der Waals surface area contributed by atoms with Gasteiger partial charge in [-0.25, -0.2) is 0 Å². The molecule has 0 saturated carbocycles. The number of carbonyl (C=O) groups excluding carboxylic acids is 2. The zero-order valence-corrected chi connectivity index (χ0v) is 45.8. The lowest BCUT2D eigenvalue weighted by atomic mass is 10.0. The normalized spacial score (nSPS) is 14.2. The van der Waals surface area contributed by atoms with Gasteiger partial charge >= 0.3 is 5.97 Å².